The zero-order valence-corrected chi connectivity index (χ0v) is 10.8. The highest BCUT2D eigenvalue weighted by Crippen LogP contribution is 2.14. The summed E-state index contributed by atoms with van der Waals surface area (Å²) >= 11 is 5.84. The first-order valence-electron chi connectivity index (χ1n) is 5.52. The number of rotatable bonds is 3. The Balaban J connectivity index is 2.74. The Hall–Kier alpha value is -2.08. The topological polar surface area (TPSA) is 81.3 Å². The third-order valence-corrected chi connectivity index (χ3v) is 3.10. The average Bonchev–Trinajstić information content (AvgIpc) is 2.35. The maximum atomic E-state index is 12.1. The molecule has 0 aliphatic heterocycles. The number of aliphatic carboxylic acids is 1. The molecule has 7 heteroatoms. The molecule has 1 aromatic carbocycles. The summed E-state index contributed by atoms with van der Waals surface area (Å²) in [4.78, 5) is 34.7. The molecule has 1 N–H and O–H groups in total. The zero-order valence-electron chi connectivity index (χ0n) is 10.1. The fourth-order valence-electron chi connectivity index (χ4n) is 1.88. The van der Waals surface area contributed by atoms with Crippen molar-refractivity contribution in [2.45, 2.75) is 13.0 Å². The lowest BCUT2D eigenvalue weighted by molar-refractivity contribution is -0.137. The molecular weight excluding hydrogens is 272 g/mol. The molecule has 1 aromatic heterocycles. The Kier molecular flexibility index (Phi) is 3.44. The summed E-state index contributed by atoms with van der Waals surface area (Å²) < 4.78 is 2.20. The van der Waals surface area contributed by atoms with Crippen molar-refractivity contribution in [1.82, 2.24) is 9.13 Å². The highest BCUT2D eigenvalue weighted by molar-refractivity contribution is 6.31. The molecule has 0 saturated heterocycles. The van der Waals surface area contributed by atoms with Crippen molar-refractivity contribution in [1.29, 1.82) is 0 Å². The maximum Gasteiger partial charge on any atom is 0.331 e. The van der Waals surface area contributed by atoms with Crippen LogP contribution in [-0.2, 0) is 18.4 Å². The molecular formula is C12H11ClN2O4. The van der Waals surface area contributed by atoms with Crippen molar-refractivity contribution < 1.29 is 9.90 Å². The first-order valence-corrected chi connectivity index (χ1v) is 5.90. The lowest BCUT2D eigenvalue weighted by atomic mass is 10.2. The minimum Gasteiger partial charge on any atom is -0.481 e. The minimum absolute atomic E-state index is 0.153. The van der Waals surface area contributed by atoms with Gasteiger partial charge in [0.15, 0.2) is 0 Å². The number of hydrogen-bond acceptors (Lipinski definition) is 3. The van der Waals surface area contributed by atoms with Crippen molar-refractivity contribution in [3.05, 3.63) is 44.1 Å². The monoisotopic (exact) mass is 282 g/mol. The Labute approximate surface area is 112 Å². The van der Waals surface area contributed by atoms with Crippen LogP contribution in [0.4, 0.5) is 0 Å². The van der Waals surface area contributed by atoms with Crippen LogP contribution in [-0.4, -0.2) is 20.2 Å². The van der Waals surface area contributed by atoms with Crippen molar-refractivity contribution >= 4 is 28.5 Å². The molecule has 0 fully saturated rings. The number of fused-ring (bicyclic) bond motifs is 1. The highest BCUT2D eigenvalue weighted by atomic mass is 35.5. The van der Waals surface area contributed by atoms with Crippen LogP contribution in [0.15, 0.2) is 27.8 Å². The van der Waals surface area contributed by atoms with Crippen LogP contribution in [0.5, 0.6) is 0 Å². The first kappa shape index (κ1) is 13.4. The Morgan fingerprint density at radius 3 is 2.68 bits per heavy atom. The Bertz CT molecular complexity index is 776. The molecule has 0 atom stereocenters. The summed E-state index contributed by atoms with van der Waals surface area (Å²) in [5, 5.41) is 9.39. The standard InChI is InChI=1S/C12H11ClN2O4/c1-14-9-6-7(13)2-3-8(9)11(18)15(12(14)19)5-4-10(16)17/h2-3,6H,4-5H2,1H3,(H,16,17). The van der Waals surface area contributed by atoms with Crippen LogP contribution < -0.4 is 11.2 Å². The molecule has 0 saturated carbocycles. The Morgan fingerprint density at radius 2 is 2.05 bits per heavy atom. The second-order valence-corrected chi connectivity index (χ2v) is 4.54. The van der Waals surface area contributed by atoms with Gasteiger partial charge in [-0.25, -0.2) is 4.79 Å². The molecule has 0 aliphatic rings. The van der Waals surface area contributed by atoms with Gasteiger partial charge in [0.25, 0.3) is 5.56 Å². The number of nitrogens with zero attached hydrogens (tertiary/aromatic N) is 2. The molecule has 0 aliphatic carbocycles. The molecule has 6 nitrogen and oxygen atoms in total. The molecule has 0 bridgehead atoms. The van der Waals surface area contributed by atoms with E-state index in [0.29, 0.717) is 15.9 Å². The van der Waals surface area contributed by atoms with Gasteiger partial charge >= 0.3 is 11.7 Å². The van der Waals surface area contributed by atoms with E-state index < -0.39 is 17.2 Å². The van der Waals surface area contributed by atoms with Crippen LogP contribution in [0.25, 0.3) is 10.9 Å². The van der Waals surface area contributed by atoms with E-state index in [1.165, 1.54) is 23.7 Å². The van der Waals surface area contributed by atoms with Gasteiger partial charge in [-0.05, 0) is 18.2 Å². The van der Waals surface area contributed by atoms with E-state index in [4.69, 9.17) is 16.7 Å². The predicted octanol–water partition coefficient (Wildman–Crippen LogP) is 0.828. The number of carboxylic acid groups (broad SMARTS) is 1. The van der Waals surface area contributed by atoms with E-state index in [9.17, 15) is 14.4 Å². The van der Waals surface area contributed by atoms with E-state index in [2.05, 4.69) is 0 Å². The summed E-state index contributed by atoms with van der Waals surface area (Å²) in [6.45, 7) is -0.153. The van der Waals surface area contributed by atoms with Gasteiger partial charge in [-0.3, -0.25) is 18.7 Å². The lowest BCUT2D eigenvalue weighted by Gasteiger charge is -2.09. The van der Waals surface area contributed by atoms with Gasteiger partial charge in [-0.1, -0.05) is 11.6 Å². The fraction of sp³-hybridized carbons (Fsp3) is 0.250. The Morgan fingerprint density at radius 1 is 1.37 bits per heavy atom. The normalized spacial score (nSPS) is 10.8. The van der Waals surface area contributed by atoms with Gasteiger partial charge in [0.1, 0.15) is 0 Å². The van der Waals surface area contributed by atoms with Crippen molar-refractivity contribution in [3.63, 3.8) is 0 Å². The number of benzene rings is 1. The molecule has 0 amide bonds. The SMILES string of the molecule is Cn1c(=O)n(CCC(=O)O)c(=O)c2ccc(Cl)cc21. The van der Waals surface area contributed by atoms with Crippen LogP contribution in [0.3, 0.4) is 0 Å². The molecule has 100 valence electrons. The van der Waals surface area contributed by atoms with E-state index in [1.54, 1.807) is 6.07 Å². The first-order chi connectivity index (χ1) is 8.91. The second kappa shape index (κ2) is 4.89. The summed E-state index contributed by atoms with van der Waals surface area (Å²) in [6.07, 6.45) is -0.283. The van der Waals surface area contributed by atoms with Gasteiger partial charge in [0.05, 0.1) is 17.3 Å². The van der Waals surface area contributed by atoms with Crippen LogP contribution >= 0.6 is 11.6 Å². The number of carboxylic acids is 1. The minimum atomic E-state index is -1.06. The average molecular weight is 283 g/mol. The lowest BCUT2D eigenvalue weighted by Crippen LogP contribution is -2.39. The molecule has 2 rings (SSSR count). The van der Waals surface area contributed by atoms with Crippen LogP contribution in [0.1, 0.15) is 6.42 Å². The number of carbonyl (C=O) groups is 1. The van der Waals surface area contributed by atoms with Gasteiger partial charge in [0.2, 0.25) is 0 Å². The van der Waals surface area contributed by atoms with Crippen LogP contribution in [0, 0.1) is 0 Å². The number of halogens is 1. The van der Waals surface area contributed by atoms with Gasteiger partial charge < -0.3 is 5.11 Å². The van der Waals surface area contributed by atoms with Gasteiger partial charge in [-0.2, -0.15) is 0 Å². The van der Waals surface area contributed by atoms with Gasteiger partial charge in [-0.15, -0.1) is 0 Å². The summed E-state index contributed by atoms with van der Waals surface area (Å²) in [7, 11) is 1.51. The van der Waals surface area contributed by atoms with E-state index in [-0.39, 0.29) is 13.0 Å². The van der Waals surface area contributed by atoms with Gasteiger partial charge in [0, 0.05) is 18.6 Å². The number of aryl methyl sites for hydroxylation is 1. The molecule has 0 unspecified atom stereocenters. The molecule has 0 spiro atoms. The van der Waals surface area contributed by atoms with E-state index >= 15 is 0 Å². The molecule has 2 aromatic rings. The fourth-order valence-corrected chi connectivity index (χ4v) is 2.05. The third-order valence-electron chi connectivity index (χ3n) is 2.86. The van der Waals surface area contributed by atoms with Crippen molar-refractivity contribution in [2.24, 2.45) is 7.05 Å². The zero-order chi connectivity index (χ0) is 14.2. The number of aromatic nitrogens is 2. The molecule has 1 heterocycles. The summed E-state index contributed by atoms with van der Waals surface area (Å²) in [5.41, 5.74) is -0.633. The summed E-state index contributed by atoms with van der Waals surface area (Å²) in [6, 6.07) is 4.61. The van der Waals surface area contributed by atoms with Crippen LogP contribution in [0.2, 0.25) is 5.02 Å². The summed E-state index contributed by atoms with van der Waals surface area (Å²) in [5.74, 6) is -1.06. The van der Waals surface area contributed by atoms with E-state index in [0.717, 1.165) is 4.57 Å². The molecule has 0 radical (unpaired) electrons. The second-order valence-electron chi connectivity index (χ2n) is 4.10. The number of hydrogen-bond donors (Lipinski definition) is 1. The highest BCUT2D eigenvalue weighted by Gasteiger charge is 2.12. The van der Waals surface area contributed by atoms with E-state index in [1.807, 2.05) is 0 Å². The molecule has 19 heavy (non-hydrogen) atoms. The van der Waals surface area contributed by atoms with Crippen molar-refractivity contribution in [3.8, 4) is 0 Å². The predicted molar refractivity (Wildman–Crippen MR) is 70.7 cm³/mol. The van der Waals surface area contributed by atoms with Crippen molar-refractivity contribution in [2.75, 3.05) is 0 Å². The maximum absolute atomic E-state index is 12.1. The third kappa shape index (κ3) is 2.39. The largest absolute Gasteiger partial charge is 0.481 e. The smallest absolute Gasteiger partial charge is 0.331 e. The quantitative estimate of drug-likeness (QED) is 0.904.